The standard InChI is InChI=1S/C15H16ClN3O2/c1-19(2)14-8-10(6-7-17-14)15(20)18-12-9-11(16)4-5-13(12)21-3/h4-9H,1-3H3,(H,18,20). The van der Waals surface area contributed by atoms with Crippen LogP contribution in [-0.4, -0.2) is 32.1 Å². The summed E-state index contributed by atoms with van der Waals surface area (Å²) in [6.45, 7) is 0. The van der Waals surface area contributed by atoms with Gasteiger partial charge in [0.25, 0.3) is 5.91 Å². The molecule has 6 heteroatoms. The number of hydrogen-bond acceptors (Lipinski definition) is 4. The topological polar surface area (TPSA) is 54.5 Å². The fourth-order valence-corrected chi connectivity index (χ4v) is 1.95. The summed E-state index contributed by atoms with van der Waals surface area (Å²) in [7, 11) is 5.27. The van der Waals surface area contributed by atoms with Crippen molar-refractivity contribution in [2.75, 3.05) is 31.4 Å². The highest BCUT2D eigenvalue weighted by molar-refractivity contribution is 6.31. The van der Waals surface area contributed by atoms with Gasteiger partial charge in [-0.15, -0.1) is 0 Å². The molecule has 0 aliphatic rings. The van der Waals surface area contributed by atoms with Crippen molar-refractivity contribution in [2.45, 2.75) is 0 Å². The summed E-state index contributed by atoms with van der Waals surface area (Å²) >= 11 is 5.95. The number of carbonyl (C=O) groups is 1. The molecule has 0 bridgehead atoms. The molecular weight excluding hydrogens is 290 g/mol. The second-order valence-corrected chi connectivity index (χ2v) is 5.03. The molecular formula is C15H16ClN3O2. The molecule has 0 fully saturated rings. The zero-order valence-corrected chi connectivity index (χ0v) is 12.8. The number of aromatic nitrogens is 1. The maximum Gasteiger partial charge on any atom is 0.255 e. The van der Waals surface area contributed by atoms with Gasteiger partial charge in [-0.3, -0.25) is 4.79 Å². The van der Waals surface area contributed by atoms with Gasteiger partial charge in [0.1, 0.15) is 11.6 Å². The van der Waals surface area contributed by atoms with E-state index in [2.05, 4.69) is 10.3 Å². The van der Waals surface area contributed by atoms with Gasteiger partial charge >= 0.3 is 0 Å². The lowest BCUT2D eigenvalue weighted by Gasteiger charge is -2.13. The van der Waals surface area contributed by atoms with Crippen molar-refractivity contribution in [3.05, 3.63) is 47.1 Å². The summed E-state index contributed by atoms with van der Waals surface area (Å²) in [5.74, 6) is 1.01. The molecule has 0 unspecified atom stereocenters. The third kappa shape index (κ3) is 3.64. The molecule has 0 saturated carbocycles. The lowest BCUT2D eigenvalue weighted by Crippen LogP contribution is -2.15. The van der Waals surface area contributed by atoms with E-state index in [1.165, 1.54) is 7.11 Å². The monoisotopic (exact) mass is 305 g/mol. The van der Waals surface area contributed by atoms with E-state index >= 15 is 0 Å². The molecule has 0 aliphatic carbocycles. The molecule has 110 valence electrons. The number of pyridine rings is 1. The highest BCUT2D eigenvalue weighted by atomic mass is 35.5. The number of nitrogens with zero attached hydrogens (tertiary/aromatic N) is 2. The lowest BCUT2D eigenvalue weighted by atomic mass is 10.2. The van der Waals surface area contributed by atoms with E-state index in [0.29, 0.717) is 27.8 Å². The number of hydrogen-bond donors (Lipinski definition) is 1. The fraction of sp³-hybridized carbons (Fsp3) is 0.200. The Labute approximate surface area is 128 Å². The van der Waals surface area contributed by atoms with Gasteiger partial charge in [-0.05, 0) is 30.3 Å². The molecule has 0 saturated heterocycles. The van der Waals surface area contributed by atoms with Crippen LogP contribution in [0.15, 0.2) is 36.5 Å². The molecule has 21 heavy (non-hydrogen) atoms. The Balaban J connectivity index is 2.26. The van der Waals surface area contributed by atoms with Crippen molar-refractivity contribution < 1.29 is 9.53 Å². The minimum atomic E-state index is -0.249. The van der Waals surface area contributed by atoms with Crippen LogP contribution in [0, 0.1) is 0 Å². The third-order valence-electron chi connectivity index (χ3n) is 2.88. The first-order valence-electron chi connectivity index (χ1n) is 6.29. The highest BCUT2D eigenvalue weighted by Crippen LogP contribution is 2.28. The average Bonchev–Trinajstić information content (AvgIpc) is 2.47. The van der Waals surface area contributed by atoms with Gasteiger partial charge in [-0.25, -0.2) is 4.98 Å². The number of halogens is 1. The zero-order chi connectivity index (χ0) is 15.4. The number of methoxy groups -OCH3 is 1. The largest absolute Gasteiger partial charge is 0.495 e. The van der Waals surface area contributed by atoms with Crippen LogP contribution in [0.4, 0.5) is 11.5 Å². The Bertz CT molecular complexity index is 659. The minimum Gasteiger partial charge on any atom is -0.495 e. The van der Waals surface area contributed by atoms with Gasteiger partial charge in [0.2, 0.25) is 0 Å². The Kier molecular flexibility index (Phi) is 4.65. The Morgan fingerprint density at radius 3 is 2.71 bits per heavy atom. The first-order chi connectivity index (χ1) is 10.0. The minimum absolute atomic E-state index is 0.249. The van der Waals surface area contributed by atoms with Crippen molar-refractivity contribution in [3.8, 4) is 5.75 Å². The van der Waals surface area contributed by atoms with Crippen molar-refractivity contribution in [2.24, 2.45) is 0 Å². The second kappa shape index (κ2) is 6.45. The lowest BCUT2D eigenvalue weighted by molar-refractivity contribution is 0.102. The van der Waals surface area contributed by atoms with Crippen LogP contribution in [0.3, 0.4) is 0 Å². The van der Waals surface area contributed by atoms with E-state index < -0.39 is 0 Å². The predicted molar refractivity (Wildman–Crippen MR) is 84.5 cm³/mol. The molecule has 1 N–H and O–H groups in total. The molecule has 2 rings (SSSR count). The predicted octanol–water partition coefficient (Wildman–Crippen LogP) is 3.06. The van der Waals surface area contributed by atoms with Gasteiger partial charge in [-0.2, -0.15) is 0 Å². The van der Waals surface area contributed by atoms with Crippen LogP contribution in [0.2, 0.25) is 5.02 Å². The van der Waals surface area contributed by atoms with E-state index in [0.717, 1.165) is 0 Å². The Morgan fingerprint density at radius 2 is 2.05 bits per heavy atom. The van der Waals surface area contributed by atoms with Gasteiger partial charge in [0, 0.05) is 30.9 Å². The summed E-state index contributed by atoms with van der Waals surface area (Å²) in [5, 5.41) is 3.31. The van der Waals surface area contributed by atoms with Gasteiger partial charge < -0.3 is 15.0 Å². The molecule has 1 amide bonds. The molecule has 1 heterocycles. The van der Waals surface area contributed by atoms with E-state index in [1.807, 2.05) is 19.0 Å². The number of rotatable bonds is 4. The van der Waals surface area contributed by atoms with Gasteiger partial charge in [-0.1, -0.05) is 11.6 Å². The summed E-state index contributed by atoms with van der Waals surface area (Å²) in [6, 6.07) is 8.42. The molecule has 5 nitrogen and oxygen atoms in total. The van der Waals surface area contributed by atoms with Crippen LogP contribution in [0.5, 0.6) is 5.75 Å². The number of ether oxygens (including phenoxy) is 1. The molecule has 2 aromatic rings. The molecule has 0 radical (unpaired) electrons. The maximum absolute atomic E-state index is 12.3. The zero-order valence-electron chi connectivity index (χ0n) is 12.1. The van der Waals surface area contributed by atoms with Crippen LogP contribution in [-0.2, 0) is 0 Å². The van der Waals surface area contributed by atoms with E-state index in [-0.39, 0.29) is 5.91 Å². The van der Waals surface area contributed by atoms with Crippen LogP contribution in [0.1, 0.15) is 10.4 Å². The van der Waals surface area contributed by atoms with Crippen molar-refractivity contribution in [1.82, 2.24) is 4.98 Å². The maximum atomic E-state index is 12.3. The van der Waals surface area contributed by atoms with Gasteiger partial charge in [0.05, 0.1) is 12.8 Å². The molecule has 0 aliphatic heterocycles. The number of anilines is 2. The molecule has 1 aromatic carbocycles. The number of amides is 1. The normalized spacial score (nSPS) is 10.1. The summed E-state index contributed by atoms with van der Waals surface area (Å²) in [6.07, 6.45) is 1.60. The SMILES string of the molecule is COc1ccc(Cl)cc1NC(=O)c1ccnc(N(C)C)c1. The average molecular weight is 306 g/mol. The van der Waals surface area contributed by atoms with E-state index in [4.69, 9.17) is 16.3 Å². The summed E-state index contributed by atoms with van der Waals surface area (Å²) < 4.78 is 5.21. The van der Waals surface area contributed by atoms with Crippen molar-refractivity contribution in [3.63, 3.8) is 0 Å². The van der Waals surface area contributed by atoms with Crippen LogP contribution >= 0.6 is 11.6 Å². The smallest absolute Gasteiger partial charge is 0.255 e. The number of carbonyl (C=O) groups excluding carboxylic acids is 1. The third-order valence-corrected chi connectivity index (χ3v) is 3.11. The quantitative estimate of drug-likeness (QED) is 0.943. The Morgan fingerprint density at radius 1 is 1.29 bits per heavy atom. The van der Waals surface area contributed by atoms with Crippen molar-refractivity contribution >= 4 is 29.0 Å². The van der Waals surface area contributed by atoms with Gasteiger partial charge in [0.15, 0.2) is 0 Å². The molecule has 0 atom stereocenters. The first kappa shape index (κ1) is 15.1. The Hall–Kier alpha value is -2.27. The summed E-state index contributed by atoms with van der Waals surface area (Å²) in [5.41, 5.74) is 1.04. The summed E-state index contributed by atoms with van der Waals surface area (Å²) in [4.78, 5) is 18.3. The van der Waals surface area contributed by atoms with E-state index in [9.17, 15) is 4.79 Å². The van der Waals surface area contributed by atoms with Crippen LogP contribution in [0.25, 0.3) is 0 Å². The number of benzene rings is 1. The first-order valence-corrected chi connectivity index (χ1v) is 6.67. The second-order valence-electron chi connectivity index (χ2n) is 4.60. The van der Waals surface area contributed by atoms with Crippen molar-refractivity contribution in [1.29, 1.82) is 0 Å². The molecule has 0 spiro atoms. The number of nitrogens with one attached hydrogen (secondary N) is 1. The highest BCUT2D eigenvalue weighted by Gasteiger charge is 2.11. The van der Waals surface area contributed by atoms with E-state index in [1.54, 1.807) is 36.5 Å². The fourth-order valence-electron chi connectivity index (χ4n) is 1.78. The van der Waals surface area contributed by atoms with Crippen LogP contribution < -0.4 is 15.0 Å². The molecule has 1 aromatic heterocycles.